The normalized spacial score (nSPS) is 17.5. The Morgan fingerprint density at radius 2 is 1.41 bits per heavy atom. The van der Waals surface area contributed by atoms with Crippen molar-refractivity contribution in [2.75, 3.05) is 19.8 Å². The van der Waals surface area contributed by atoms with Gasteiger partial charge in [0.1, 0.15) is 0 Å². The van der Waals surface area contributed by atoms with Crippen LogP contribution in [0.3, 0.4) is 0 Å². The lowest BCUT2D eigenvalue weighted by atomic mass is 9.92. The van der Waals surface area contributed by atoms with Crippen LogP contribution in [0.15, 0.2) is 60.7 Å². The van der Waals surface area contributed by atoms with Crippen LogP contribution in [0.2, 0.25) is 0 Å². The lowest BCUT2D eigenvalue weighted by Crippen LogP contribution is -2.46. The highest BCUT2D eigenvalue weighted by Gasteiger charge is 2.30. The van der Waals surface area contributed by atoms with Gasteiger partial charge in [0, 0.05) is 32.6 Å². The molecule has 22 heavy (non-hydrogen) atoms. The number of nitrogens with one attached hydrogen (secondary N) is 1. The first-order valence-corrected chi connectivity index (χ1v) is 7.90. The molecule has 0 radical (unpaired) electrons. The Hall–Kier alpha value is -1.68. The summed E-state index contributed by atoms with van der Waals surface area (Å²) in [6.07, 6.45) is 1.38. The van der Waals surface area contributed by atoms with Gasteiger partial charge in [0.15, 0.2) is 0 Å². The molecule has 0 amide bonds. The molecule has 0 aliphatic carbocycles. The summed E-state index contributed by atoms with van der Waals surface area (Å²) in [4.78, 5) is 0. The molecule has 0 atom stereocenters. The largest absolute Gasteiger partial charge is 0.388 e. The number of ether oxygens (including phenoxy) is 1. The van der Waals surface area contributed by atoms with Gasteiger partial charge in [-0.05, 0) is 11.1 Å². The predicted molar refractivity (Wildman–Crippen MR) is 87.7 cm³/mol. The van der Waals surface area contributed by atoms with Crippen molar-refractivity contribution in [2.24, 2.45) is 0 Å². The quantitative estimate of drug-likeness (QED) is 0.891. The Morgan fingerprint density at radius 1 is 0.909 bits per heavy atom. The van der Waals surface area contributed by atoms with Crippen molar-refractivity contribution >= 4 is 0 Å². The summed E-state index contributed by atoms with van der Waals surface area (Å²) >= 11 is 0. The SMILES string of the molecule is OC1(CNC(c2ccccc2)c2ccccc2)CCOCC1. The van der Waals surface area contributed by atoms with E-state index in [0.29, 0.717) is 32.6 Å². The van der Waals surface area contributed by atoms with E-state index < -0.39 is 5.60 Å². The Balaban J connectivity index is 1.77. The lowest BCUT2D eigenvalue weighted by Gasteiger charge is -2.34. The van der Waals surface area contributed by atoms with Crippen molar-refractivity contribution in [1.29, 1.82) is 0 Å². The first kappa shape index (κ1) is 15.2. The Labute approximate surface area is 131 Å². The van der Waals surface area contributed by atoms with Crippen molar-refractivity contribution in [1.82, 2.24) is 5.32 Å². The van der Waals surface area contributed by atoms with Gasteiger partial charge >= 0.3 is 0 Å². The Kier molecular flexibility index (Phi) is 4.88. The van der Waals surface area contributed by atoms with Gasteiger partial charge in [-0.15, -0.1) is 0 Å². The van der Waals surface area contributed by atoms with E-state index >= 15 is 0 Å². The molecule has 0 aromatic heterocycles. The maximum Gasteiger partial charge on any atom is 0.0815 e. The van der Waals surface area contributed by atoms with E-state index in [1.54, 1.807) is 0 Å². The molecule has 0 saturated carbocycles. The number of hydrogen-bond acceptors (Lipinski definition) is 3. The van der Waals surface area contributed by atoms with Crippen LogP contribution in [0.1, 0.15) is 30.0 Å². The van der Waals surface area contributed by atoms with Crippen LogP contribution in [0.25, 0.3) is 0 Å². The van der Waals surface area contributed by atoms with Crippen LogP contribution in [0.5, 0.6) is 0 Å². The van der Waals surface area contributed by atoms with Crippen LogP contribution in [0, 0.1) is 0 Å². The fraction of sp³-hybridized carbons (Fsp3) is 0.368. The maximum absolute atomic E-state index is 10.7. The molecular weight excluding hydrogens is 274 g/mol. The molecule has 0 spiro atoms. The Morgan fingerprint density at radius 3 is 1.91 bits per heavy atom. The van der Waals surface area contributed by atoms with E-state index in [0.717, 1.165) is 0 Å². The summed E-state index contributed by atoms with van der Waals surface area (Å²) in [7, 11) is 0. The molecule has 1 saturated heterocycles. The minimum Gasteiger partial charge on any atom is -0.388 e. The van der Waals surface area contributed by atoms with Gasteiger partial charge in [-0.3, -0.25) is 0 Å². The first-order chi connectivity index (χ1) is 10.8. The average Bonchev–Trinajstić information content (AvgIpc) is 2.58. The van der Waals surface area contributed by atoms with E-state index in [4.69, 9.17) is 4.74 Å². The average molecular weight is 297 g/mol. The van der Waals surface area contributed by atoms with Crippen molar-refractivity contribution in [2.45, 2.75) is 24.5 Å². The molecule has 0 bridgehead atoms. The zero-order valence-corrected chi connectivity index (χ0v) is 12.7. The van der Waals surface area contributed by atoms with Crippen LogP contribution < -0.4 is 5.32 Å². The minimum absolute atomic E-state index is 0.0919. The molecule has 1 aliphatic heterocycles. The van der Waals surface area contributed by atoms with Crippen LogP contribution in [-0.2, 0) is 4.74 Å². The summed E-state index contributed by atoms with van der Waals surface area (Å²) in [5.74, 6) is 0. The third-order valence-corrected chi connectivity index (χ3v) is 4.32. The number of aliphatic hydroxyl groups is 1. The fourth-order valence-electron chi connectivity index (χ4n) is 2.94. The first-order valence-electron chi connectivity index (χ1n) is 7.90. The molecule has 1 heterocycles. The molecule has 3 heteroatoms. The van der Waals surface area contributed by atoms with Crippen LogP contribution in [0.4, 0.5) is 0 Å². The third-order valence-electron chi connectivity index (χ3n) is 4.32. The maximum atomic E-state index is 10.7. The van der Waals surface area contributed by atoms with E-state index in [1.807, 2.05) is 12.1 Å². The third kappa shape index (κ3) is 3.74. The van der Waals surface area contributed by atoms with Crippen molar-refractivity contribution in [3.05, 3.63) is 71.8 Å². The molecule has 1 aliphatic rings. The topological polar surface area (TPSA) is 41.5 Å². The van der Waals surface area contributed by atoms with E-state index in [9.17, 15) is 5.11 Å². The van der Waals surface area contributed by atoms with Gasteiger partial charge in [-0.25, -0.2) is 0 Å². The number of rotatable bonds is 5. The summed E-state index contributed by atoms with van der Waals surface area (Å²) < 4.78 is 5.35. The van der Waals surface area contributed by atoms with Gasteiger partial charge in [0.05, 0.1) is 11.6 Å². The minimum atomic E-state index is -0.667. The summed E-state index contributed by atoms with van der Waals surface area (Å²) in [6, 6.07) is 20.8. The highest BCUT2D eigenvalue weighted by atomic mass is 16.5. The predicted octanol–water partition coefficient (Wildman–Crippen LogP) is 2.91. The summed E-state index contributed by atoms with van der Waals surface area (Å²) in [5, 5.41) is 14.2. The molecular formula is C19H23NO2. The van der Waals surface area contributed by atoms with E-state index in [2.05, 4.69) is 53.8 Å². The molecule has 1 fully saturated rings. The van der Waals surface area contributed by atoms with Gasteiger partial charge < -0.3 is 15.2 Å². The summed E-state index contributed by atoms with van der Waals surface area (Å²) in [6.45, 7) is 1.85. The fourth-order valence-corrected chi connectivity index (χ4v) is 2.94. The molecule has 2 aromatic rings. The smallest absolute Gasteiger partial charge is 0.0815 e. The monoisotopic (exact) mass is 297 g/mol. The highest BCUT2D eigenvalue weighted by molar-refractivity contribution is 5.31. The molecule has 2 N–H and O–H groups in total. The molecule has 3 rings (SSSR count). The zero-order valence-electron chi connectivity index (χ0n) is 12.7. The van der Waals surface area contributed by atoms with Gasteiger partial charge in [-0.1, -0.05) is 60.7 Å². The zero-order chi connectivity index (χ0) is 15.3. The standard InChI is InChI=1S/C19H23NO2/c21-19(11-13-22-14-12-19)15-20-18(16-7-3-1-4-8-16)17-9-5-2-6-10-17/h1-10,18,20-21H,11-15H2. The van der Waals surface area contributed by atoms with Gasteiger partial charge in [0.25, 0.3) is 0 Å². The van der Waals surface area contributed by atoms with Crippen LogP contribution >= 0.6 is 0 Å². The van der Waals surface area contributed by atoms with Crippen LogP contribution in [-0.4, -0.2) is 30.5 Å². The lowest BCUT2D eigenvalue weighted by molar-refractivity contribution is -0.0623. The summed E-state index contributed by atoms with van der Waals surface area (Å²) in [5.41, 5.74) is 1.76. The second-order valence-electron chi connectivity index (χ2n) is 5.97. The molecule has 2 aromatic carbocycles. The van der Waals surface area contributed by atoms with E-state index in [1.165, 1.54) is 11.1 Å². The molecule has 3 nitrogen and oxygen atoms in total. The van der Waals surface area contributed by atoms with Crippen molar-refractivity contribution in [3.63, 3.8) is 0 Å². The number of benzene rings is 2. The number of hydrogen-bond donors (Lipinski definition) is 2. The highest BCUT2D eigenvalue weighted by Crippen LogP contribution is 2.25. The van der Waals surface area contributed by atoms with E-state index in [-0.39, 0.29) is 6.04 Å². The van der Waals surface area contributed by atoms with Gasteiger partial charge in [-0.2, -0.15) is 0 Å². The second-order valence-corrected chi connectivity index (χ2v) is 5.97. The van der Waals surface area contributed by atoms with Crippen molar-refractivity contribution < 1.29 is 9.84 Å². The molecule has 116 valence electrons. The van der Waals surface area contributed by atoms with Crippen molar-refractivity contribution in [3.8, 4) is 0 Å². The molecule has 0 unspecified atom stereocenters. The second kappa shape index (κ2) is 7.05. The van der Waals surface area contributed by atoms with Gasteiger partial charge in [0.2, 0.25) is 0 Å². The Bertz CT molecular complexity index is 525.